The Labute approximate surface area is 81.2 Å². The van der Waals surface area contributed by atoms with Gasteiger partial charge in [0.1, 0.15) is 0 Å². The maximum atomic E-state index is 10.5. The van der Waals surface area contributed by atoms with E-state index in [0.717, 1.165) is 17.5 Å². The van der Waals surface area contributed by atoms with Crippen LogP contribution >= 0.6 is 0 Å². The Morgan fingerprint density at radius 1 is 1.43 bits per heavy atom. The number of aromatic nitrogens is 3. The number of pyridine rings is 1. The number of nitrogens with zero attached hydrogens (tertiary/aromatic N) is 3. The Balaban J connectivity index is 2.49. The van der Waals surface area contributed by atoms with Gasteiger partial charge in [-0.15, -0.1) is 0 Å². The average molecular weight is 187 g/mol. The van der Waals surface area contributed by atoms with Gasteiger partial charge in [-0.3, -0.25) is 9.78 Å². The number of carbonyl (C=O) groups is 1. The standard InChI is InChI=1S/C10H9N3O/c1-8-4-11-3-2-10(8)13-6-9(7-14)5-12-13/h2-7H,1H3. The molecule has 2 aromatic heterocycles. The van der Waals surface area contributed by atoms with E-state index in [4.69, 9.17) is 0 Å². The van der Waals surface area contributed by atoms with Crippen molar-refractivity contribution in [1.29, 1.82) is 0 Å². The van der Waals surface area contributed by atoms with Gasteiger partial charge in [-0.05, 0) is 18.6 Å². The number of aryl methyl sites for hydroxylation is 1. The Bertz CT molecular complexity index is 462. The van der Waals surface area contributed by atoms with E-state index in [-0.39, 0.29) is 0 Å². The number of aldehydes is 1. The van der Waals surface area contributed by atoms with Crippen LogP contribution in [0.4, 0.5) is 0 Å². The van der Waals surface area contributed by atoms with Crippen molar-refractivity contribution in [2.45, 2.75) is 6.92 Å². The van der Waals surface area contributed by atoms with Crippen molar-refractivity contribution in [1.82, 2.24) is 14.8 Å². The molecule has 0 amide bonds. The molecule has 0 saturated carbocycles. The first-order valence-electron chi connectivity index (χ1n) is 4.22. The van der Waals surface area contributed by atoms with E-state index in [2.05, 4.69) is 10.1 Å². The van der Waals surface area contributed by atoms with Crippen molar-refractivity contribution in [2.75, 3.05) is 0 Å². The van der Waals surface area contributed by atoms with Gasteiger partial charge in [0.2, 0.25) is 0 Å². The molecule has 0 aliphatic carbocycles. The van der Waals surface area contributed by atoms with Crippen molar-refractivity contribution < 1.29 is 4.79 Å². The summed E-state index contributed by atoms with van der Waals surface area (Å²) in [6, 6.07) is 1.86. The van der Waals surface area contributed by atoms with Crippen LogP contribution in [0.2, 0.25) is 0 Å². The first-order chi connectivity index (χ1) is 6.81. The van der Waals surface area contributed by atoms with E-state index in [1.165, 1.54) is 6.20 Å². The molecular formula is C10H9N3O. The molecule has 0 fully saturated rings. The monoisotopic (exact) mass is 187 g/mol. The fourth-order valence-corrected chi connectivity index (χ4v) is 1.25. The third-order valence-electron chi connectivity index (χ3n) is 1.98. The average Bonchev–Trinajstić information content (AvgIpc) is 2.67. The summed E-state index contributed by atoms with van der Waals surface area (Å²) < 4.78 is 1.67. The smallest absolute Gasteiger partial charge is 0.153 e. The molecule has 0 aliphatic heterocycles. The summed E-state index contributed by atoms with van der Waals surface area (Å²) in [6.07, 6.45) is 7.46. The predicted molar refractivity (Wildman–Crippen MR) is 51.5 cm³/mol. The molecule has 2 heterocycles. The van der Waals surface area contributed by atoms with Crippen LogP contribution < -0.4 is 0 Å². The summed E-state index contributed by atoms with van der Waals surface area (Å²) in [7, 11) is 0. The minimum atomic E-state index is 0.571. The first-order valence-corrected chi connectivity index (χ1v) is 4.22. The summed E-state index contributed by atoms with van der Waals surface area (Å²) in [5, 5.41) is 4.08. The van der Waals surface area contributed by atoms with Crippen molar-refractivity contribution >= 4 is 6.29 Å². The molecule has 0 spiro atoms. The molecule has 0 radical (unpaired) electrons. The highest BCUT2D eigenvalue weighted by Crippen LogP contribution is 2.10. The van der Waals surface area contributed by atoms with Gasteiger partial charge in [-0.25, -0.2) is 4.68 Å². The van der Waals surface area contributed by atoms with Crippen LogP contribution in [-0.2, 0) is 0 Å². The van der Waals surface area contributed by atoms with E-state index in [0.29, 0.717) is 5.56 Å². The zero-order valence-electron chi connectivity index (χ0n) is 7.71. The van der Waals surface area contributed by atoms with E-state index in [1.54, 1.807) is 23.3 Å². The summed E-state index contributed by atoms with van der Waals surface area (Å²) in [6.45, 7) is 1.95. The zero-order chi connectivity index (χ0) is 9.97. The lowest BCUT2D eigenvalue weighted by Gasteiger charge is -2.03. The third-order valence-corrected chi connectivity index (χ3v) is 1.98. The van der Waals surface area contributed by atoms with Crippen LogP contribution in [0.5, 0.6) is 0 Å². The van der Waals surface area contributed by atoms with Gasteiger partial charge < -0.3 is 0 Å². The highest BCUT2D eigenvalue weighted by molar-refractivity contribution is 5.73. The second kappa shape index (κ2) is 3.41. The highest BCUT2D eigenvalue weighted by Gasteiger charge is 2.02. The molecule has 0 atom stereocenters. The van der Waals surface area contributed by atoms with E-state index in [1.807, 2.05) is 13.0 Å². The molecule has 4 heteroatoms. The number of hydrogen-bond acceptors (Lipinski definition) is 3. The quantitative estimate of drug-likeness (QED) is 0.667. The Morgan fingerprint density at radius 2 is 2.29 bits per heavy atom. The highest BCUT2D eigenvalue weighted by atomic mass is 16.1. The van der Waals surface area contributed by atoms with Crippen molar-refractivity contribution in [2.24, 2.45) is 0 Å². The lowest BCUT2D eigenvalue weighted by molar-refractivity contribution is 0.112. The van der Waals surface area contributed by atoms with Crippen LogP contribution in [0, 0.1) is 6.92 Å². The molecule has 0 bridgehead atoms. The Hall–Kier alpha value is -1.97. The second-order valence-electron chi connectivity index (χ2n) is 3.00. The molecule has 0 aromatic carbocycles. The Kier molecular flexibility index (Phi) is 2.10. The molecule has 0 unspecified atom stereocenters. The molecular weight excluding hydrogens is 178 g/mol. The van der Waals surface area contributed by atoms with Crippen molar-refractivity contribution in [3.05, 3.63) is 42.0 Å². The van der Waals surface area contributed by atoms with Crippen LogP contribution in [0.3, 0.4) is 0 Å². The van der Waals surface area contributed by atoms with E-state index >= 15 is 0 Å². The van der Waals surface area contributed by atoms with Gasteiger partial charge in [-0.1, -0.05) is 0 Å². The van der Waals surface area contributed by atoms with Crippen LogP contribution in [0.25, 0.3) is 5.69 Å². The number of rotatable bonds is 2. The molecule has 14 heavy (non-hydrogen) atoms. The normalized spacial score (nSPS) is 10.1. The zero-order valence-corrected chi connectivity index (χ0v) is 7.71. The minimum Gasteiger partial charge on any atom is -0.298 e. The molecule has 2 rings (SSSR count). The van der Waals surface area contributed by atoms with E-state index < -0.39 is 0 Å². The fourth-order valence-electron chi connectivity index (χ4n) is 1.25. The maximum absolute atomic E-state index is 10.5. The second-order valence-corrected chi connectivity index (χ2v) is 3.00. The maximum Gasteiger partial charge on any atom is 0.153 e. The SMILES string of the molecule is Cc1cnccc1-n1cc(C=O)cn1. The van der Waals surface area contributed by atoms with Gasteiger partial charge in [0.15, 0.2) is 6.29 Å². The van der Waals surface area contributed by atoms with Gasteiger partial charge in [-0.2, -0.15) is 5.10 Å². The van der Waals surface area contributed by atoms with Gasteiger partial charge >= 0.3 is 0 Å². The lowest BCUT2D eigenvalue weighted by Crippen LogP contribution is -1.97. The van der Waals surface area contributed by atoms with Crippen LogP contribution in [0.1, 0.15) is 15.9 Å². The van der Waals surface area contributed by atoms with Gasteiger partial charge in [0.05, 0.1) is 17.4 Å². The molecule has 0 N–H and O–H groups in total. The topological polar surface area (TPSA) is 47.8 Å². The lowest BCUT2D eigenvalue weighted by atomic mass is 10.2. The third kappa shape index (κ3) is 1.42. The molecule has 70 valence electrons. The molecule has 0 saturated heterocycles. The van der Waals surface area contributed by atoms with E-state index in [9.17, 15) is 4.79 Å². The summed E-state index contributed by atoms with van der Waals surface area (Å²) in [5.41, 5.74) is 2.53. The molecule has 0 aliphatic rings. The largest absolute Gasteiger partial charge is 0.298 e. The predicted octanol–water partition coefficient (Wildman–Crippen LogP) is 1.39. The summed E-state index contributed by atoms with van der Waals surface area (Å²) >= 11 is 0. The van der Waals surface area contributed by atoms with Gasteiger partial charge in [0, 0.05) is 18.6 Å². The summed E-state index contributed by atoms with van der Waals surface area (Å²) in [5.74, 6) is 0. The summed E-state index contributed by atoms with van der Waals surface area (Å²) in [4.78, 5) is 14.5. The van der Waals surface area contributed by atoms with Crippen LogP contribution in [-0.4, -0.2) is 21.1 Å². The van der Waals surface area contributed by atoms with Gasteiger partial charge in [0.25, 0.3) is 0 Å². The van der Waals surface area contributed by atoms with Crippen molar-refractivity contribution in [3.8, 4) is 5.69 Å². The Morgan fingerprint density at radius 3 is 2.93 bits per heavy atom. The van der Waals surface area contributed by atoms with Crippen molar-refractivity contribution in [3.63, 3.8) is 0 Å². The number of hydrogen-bond donors (Lipinski definition) is 0. The fraction of sp³-hybridized carbons (Fsp3) is 0.100. The number of carbonyl (C=O) groups excluding carboxylic acids is 1. The first kappa shape index (κ1) is 8.62. The molecule has 4 nitrogen and oxygen atoms in total. The molecule has 2 aromatic rings. The van der Waals surface area contributed by atoms with Crippen LogP contribution in [0.15, 0.2) is 30.9 Å². The minimum absolute atomic E-state index is 0.571.